The molecule has 0 spiro atoms. The summed E-state index contributed by atoms with van der Waals surface area (Å²) in [5.41, 5.74) is 2.00. The van der Waals surface area contributed by atoms with Gasteiger partial charge < -0.3 is 15.3 Å². The summed E-state index contributed by atoms with van der Waals surface area (Å²) in [7, 11) is 0. The van der Waals surface area contributed by atoms with Crippen molar-refractivity contribution in [1.82, 2.24) is 10.2 Å². The van der Waals surface area contributed by atoms with Crippen molar-refractivity contribution in [2.45, 2.75) is 39.4 Å². The summed E-state index contributed by atoms with van der Waals surface area (Å²) in [5, 5.41) is 11.9. The van der Waals surface area contributed by atoms with Crippen LogP contribution in [0.15, 0.2) is 24.3 Å². The van der Waals surface area contributed by atoms with Gasteiger partial charge >= 0.3 is 18.2 Å². The minimum Gasteiger partial charge on any atom is -0.481 e. The standard InChI is InChI=1S/C19H25F3N2O3/c1-4-12-5-7-13(8-6-12)16(11(2)3)23-18(27)24-9-14(17(25)26)15(10-24)19(20,21)22/h5-8,11,14-16H,4,9-10H2,1-3H3,(H,23,27)(H,25,26)/t14-,15-,16?/m1/s1. The topological polar surface area (TPSA) is 69.6 Å². The van der Waals surface area contributed by atoms with Crippen LogP contribution in [0.5, 0.6) is 0 Å². The summed E-state index contributed by atoms with van der Waals surface area (Å²) in [4.78, 5) is 24.7. The maximum atomic E-state index is 13.1. The number of hydrogen-bond donors (Lipinski definition) is 2. The molecule has 2 amide bonds. The van der Waals surface area contributed by atoms with Gasteiger partial charge in [0, 0.05) is 13.1 Å². The molecule has 3 atom stereocenters. The Morgan fingerprint density at radius 2 is 1.81 bits per heavy atom. The van der Waals surface area contributed by atoms with E-state index in [0.29, 0.717) is 0 Å². The van der Waals surface area contributed by atoms with Crippen molar-refractivity contribution >= 4 is 12.0 Å². The number of rotatable bonds is 5. The van der Waals surface area contributed by atoms with E-state index in [2.05, 4.69) is 5.32 Å². The molecule has 2 rings (SSSR count). The molecule has 0 aromatic heterocycles. The summed E-state index contributed by atoms with van der Waals surface area (Å²) in [6, 6.07) is 6.64. The minimum absolute atomic E-state index is 0.0118. The maximum Gasteiger partial charge on any atom is 0.394 e. The molecule has 1 aromatic carbocycles. The Labute approximate surface area is 156 Å². The van der Waals surface area contributed by atoms with Crippen molar-refractivity contribution in [3.8, 4) is 0 Å². The molecule has 1 saturated heterocycles. The second-order valence-electron chi connectivity index (χ2n) is 7.26. The zero-order chi connectivity index (χ0) is 20.4. The third kappa shape index (κ3) is 4.93. The summed E-state index contributed by atoms with van der Waals surface area (Å²) in [6.45, 7) is 4.74. The molecular formula is C19H25F3N2O3. The number of carbonyl (C=O) groups excluding carboxylic acids is 1. The normalized spacial score (nSPS) is 21.4. The molecule has 27 heavy (non-hydrogen) atoms. The predicted molar refractivity (Wildman–Crippen MR) is 94.2 cm³/mol. The van der Waals surface area contributed by atoms with Gasteiger partial charge in [-0.3, -0.25) is 4.79 Å². The number of nitrogens with zero attached hydrogens (tertiary/aromatic N) is 1. The molecule has 1 fully saturated rings. The quantitative estimate of drug-likeness (QED) is 0.808. The van der Waals surface area contributed by atoms with E-state index in [0.717, 1.165) is 22.4 Å². The number of aryl methyl sites for hydroxylation is 1. The van der Waals surface area contributed by atoms with Gasteiger partial charge in [-0.1, -0.05) is 45.0 Å². The highest BCUT2D eigenvalue weighted by Crippen LogP contribution is 2.38. The first-order chi connectivity index (χ1) is 12.5. The number of carbonyl (C=O) groups is 2. The van der Waals surface area contributed by atoms with Crippen LogP contribution in [0, 0.1) is 17.8 Å². The number of urea groups is 1. The molecule has 8 heteroatoms. The SMILES string of the molecule is CCc1ccc(C(NC(=O)N2C[C@@H](C(F)(F)F)[C@H](C(=O)O)C2)C(C)C)cc1. The summed E-state index contributed by atoms with van der Waals surface area (Å²) < 4.78 is 39.3. The first-order valence-corrected chi connectivity index (χ1v) is 8.98. The molecule has 1 heterocycles. The average Bonchev–Trinajstić information content (AvgIpc) is 3.05. The number of benzene rings is 1. The van der Waals surface area contributed by atoms with Gasteiger partial charge in [0.1, 0.15) is 0 Å². The van der Waals surface area contributed by atoms with Crippen molar-refractivity contribution in [2.75, 3.05) is 13.1 Å². The van der Waals surface area contributed by atoms with Crippen molar-refractivity contribution in [2.24, 2.45) is 17.8 Å². The number of halogens is 3. The van der Waals surface area contributed by atoms with E-state index in [1.807, 2.05) is 45.0 Å². The molecular weight excluding hydrogens is 361 g/mol. The first-order valence-electron chi connectivity index (χ1n) is 8.98. The second-order valence-corrected chi connectivity index (χ2v) is 7.26. The van der Waals surface area contributed by atoms with Crippen LogP contribution in [0.1, 0.15) is 37.9 Å². The Hall–Kier alpha value is -2.25. The van der Waals surface area contributed by atoms with Crippen LogP contribution < -0.4 is 5.32 Å². The van der Waals surface area contributed by atoms with Crippen LogP contribution in [0.4, 0.5) is 18.0 Å². The lowest BCUT2D eigenvalue weighted by Gasteiger charge is -2.26. The van der Waals surface area contributed by atoms with Gasteiger partial charge in [-0.25, -0.2) is 4.79 Å². The van der Waals surface area contributed by atoms with Crippen LogP contribution in [0.3, 0.4) is 0 Å². The third-order valence-electron chi connectivity index (χ3n) is 5.04. The first kappa shape index (κ1) is 21.1. The highest BCUT2D eigenvalue weighted by Gasteiger charge is 2.53. The number of aliphatic carboxylic acids is 1. The van der Waals surface area contributed by atoms with Crippen LogP contribution in [0.25, 0.3) is 0 Å². The number of nitrogens with one attached hydrogen (secondary N) is 1. The van der Waals surface area contributed by atoms with Crippen molar-refractivity contribution in [3.05, 3.63) is 35.4 Å². The minimum atomic E-state index is -4.66. The van der Waals surface area contributed by atoms with Gasteiger partial charge in [-0.05, 0) is 23.5 Å². The van der Waals surface area contributed by atoms with E-state index in [9.17, 15) is 22.8 Å². The van der Waals surface area contributed by atoms with Gasteiger partial charge in [-0.15, -0.1) is 0 Å². The number of amides is 2. The molecule has 150 valence electrons. The number of likely N-dealkylation sites (tertiary alicyclic amines) is 1. The summed E-state index contributed by atoms with van der Waals surface area (Å²) in [6.07, 6.45) is -3.78. The van der Waals surface area contributed by atoms with Crippen molar-refractivity contribution < 1.29 is 27.9 Å². The number of hydrogen-bond acceptors (Lipinski definition) is 2. The van der Waals surface area contributed by atoms with Crippen LogP contribution >= 0.6 is 0 Å². The van der Waals surface area contributed by atoms with Gasteiger partial charge in [0.25, 0.3) is 0 Å². The lowest BCUT2D eigenvalue weighted by Crippen LogP contribution is -2.42. The maximum absolute atomic E-state index is 13.1. The molecule has 1 aromatic rings. The number of alkyl halides is 3. The van der Waals surface area contributed by atoms with E-state index in [-0.39, 0.29) is 12.0 Å². The van der Waals surface area contributed by atoms with Crippen LogP contribution in [-0.2, 0) is 11.2 Å². The fraction of sp³-hybridized carbons (Fsp3) is 0.579. The predicted octanol–water partition coefficient (Wildman–Crippen LogP) is 3.85. The van der Waals surface area contributed by atoms with Gasteiger partial charge in [-0.2, -0.15) is 13.2 Å². The Morgan fingerprint density at radius 3 is 2.22 bits per heavy atom. The Kier molecular flexibility index (Phi) is 6.38. The van der Waals surface area contributed by atoms with E-state index in [4.69, 9.17) is 5.11 Å². The third-order valence-corrected chi connectivity index (χ3v) is 5.04. The Bertz CT molecular complexity index is 674. The lowest BCUT2D eigenvalue weighted by molar-refractivity contribution is -0.187. The smallest absolute Gasteiger partial charge is 0.394 e. The zero-order valence-corrected chi connectivity index (χ0v) is 15.6. The number of carboxylic acid groups (broad SMARTS) is 1. The van der Waals surface area contributed by atoms with Gasteiger partial charge in [0.05, 0.1) is 17.9 Å². The molecule has 0 aliphatic carbocycles. The van der Waals surface area contributed by atoms with Crippen LogP contribution in [0.2, 0.25) is 0 Å². The number of carboxylic acids is 1. The van der Waals surface area contributed by atoms with E-state index < -0.39 is 43.1 Å². The molecule has 0 saturated carbocycles. The van der Waals surface area contributed by atoms with Gasteiger partial charge in [0.2, 0.25) is 0 Å². The van der Waals surface area contributed by atoms with Crippen molar-refractivity contribution in [3.63, 3.8) is 0 Å². The largest absolute Gasteiger partial charge is 0.481 e. The Balaban J connectivity index is 2.14. The molecule has 1 aliphatic heterocycles. The molecule has 0 radical (unpaired) electrons. The second kappa shape index (κ2) is 8.19. The summed E-state index contributed by atoms with van der Waals surface area (Å²) >= 11 is 0. The van der Waals surface area contributed by atoms with E-state index >= 15 is 0 Å². The zero-order valence-electron chi connectivity index (χ0n) is 15.6. The average molecular weight is 386 g/mol. The monoisotopic (exact) mass is 386 g/mol. The Morgan fingerprint density at radius 1 is 1.22 bits per heavy atom. The highest BCUT2D eigenvalue weighted by atomic mass is 19.4. The molecule has 1 aliphatic rings. The lowest BCUT2D eigenvalue weighted by atomic mass is 9.95. The molecule has 5 nitrogen and oxygen atoms in total. The van der Waals surface area contributed by atoms with Crippen molar-refractivity contribution in [1.29, 1.82) is 0 Å². The summed E-state index contributed by atoms with van der Waals surface area (Å²) in [5.74, 6) is -5.22. The van der Waals surface area contributed by atoms with Crippen LogP contribution in [-0.4, -0.2) is 41.3 Å². The van der Waals surface area contributed by atoms with Gasteiger partial charge in [0.15, 0.2) is 0 Å². The molecule has 2 N–H and O–H groups in total. The highest BCUT2D eigenvalue weighted by molar-refractivity contribution is 5.78. The van der Waals surface area contributed by atoms with E-state index in [1.54, 1.807) is 0 Å². The fourth-order valence-corrected chi connectivity index (χ4v) is 3.37. The molecule has 0 bridgehead atoms. The van der Waals surface area contributed by atoms with E-state index in [1.165, 1.54) is 0 Å². The molecule has 1 unspecified atom stereocenters. The fourth-order valence-electron chi connectivity index (χ4n) is 3.37.